The number of hydrogen-bond acceptors (Lipinski definition) is 3. The van der Waals surface area contributed by atoms with E-state index in [1.807, 2.05) is 12.1 Å². The van der Waals surface area contributed by atoms with Crippen LogP contribution in [-0.4, -0.2) is 30.2 Å². The number of phenolic OH excluding ortho intramolecular Hbond substituents is 1. The van der Waals surface area contributed by atoms with Crippen LogP contribution in [0.5, 0.6) is 11.5 Å². The van der Waals surface area contributed by atoms with Gasteiger partial charge in [-0.25, -0.2) is 0 Å². The Morgan fingerprint density at radius 2 is 2.00 bits per heavy atom. The van der Waals surface area contributed by atoms with Crippen LogP contribution in [0.4, 0.5) is 0 Å². The third-order valence-corrected chi connectivity index (χ3v) is 4.58. The Morgan fingerprint density at radius 3 is 2.55 bits per heavy atom. The minimum atomic E-state index is 0.0245. The molecular formula is C16H24ClNO2. The molecule has 0 unspecified atom stereocenters. The molecule has 1 aliphatic rings. The van der Waals surface area contributed by atoms with Crippen LogP contribution in [0.25, 0.3) is 0 Å². The second kappa shape index (κ2) is 6.68. The first-order valence-electron chi connectivity index (χ1n) is 7.29. The molecule has 3 nitrogen and oxygen atoms in total. The van der Waals surface area contributed by atoms with Gasteiger partial charge in [-0.1, -0.05) is 25.4 Å². The molecule has 1 N–H and O–H groups in total. The molecule has 4 heteroatoms. The lowest BCUT2D eigenvalue weighted by Crippen LogP contribution is -2.34. The van der Waals surface area contributed by atoms with E-state index in [9.17, 15) is 5.11 Å². The summed E-state index contributed by atoms with van der Waals surface area (Å²) in [6, 6.07) is 3.70. The van der Waals surface area contributed by atoms with Gasteiger partial charge in [0.05, 0.1) is 12.1 Å². The van der Waals surface area contributed by atoms with Gasteiger partial charge >= 0.3 is 0 Å². The minimum absolute atomic E-state index is 0.0245. The summed E-state index contributed by atoms with van der Waals surface area (Å²) in [5, 5.41) is 10.1. The summed E-state index contributed by atoms with van der Waals surface area (Å²) in [5.41, 5.74) is 1.09. The number of likely N-dealkylation sites (tertiary alicyclic amines) is 1. The van der Waals surface area contributed by atoms with Crippen molar-refractivity contribution >= 4 is 11.6 Å². The van der Waals surface area contributed by atoms with E-state index in [0.29, 0.717) is 10.8 Å². The van der Waals surface area contributed by atoms with E-state index >= 15 is 0 Å². The molecule has 1 saturated heterocycles. The standard InChI is InChI=1S/C16H24ClNO2/c1-11(2)13-4-6-18(7-5-13)10-12-8-14(17)16(19)15(9-12)20-3/h8-9,11,13,19H,4-7,10H2,1-3H3. The summed E-state index contributed by atoms with van der Waals surface area (Å²) in [6.45, 7) is 7.74. The van der Waals surface area contributed by atoms with Crippen molar-refractivity contribution in [3.05, 3.63) is 22.7 Å². The zero-order valence-electron chi connectivity index (χ0n) is 12.5. The Balaban J connectivity index is 1.99. The maximum atomic E-state index is 9.75. The molecule has 0 amide bonds. The summed E-state index contributed by atoms with van der Waals surface area (Å²) < 4.78 is 5.15. The number of ether oxygens (including phenoxy) is 1. The number of halogens is 1. The Bertz CT molecular complexity index is 454. The van der Waals surface area contributed by atoms with Crippen molar-refractivity contribution in [3.8, 4) is 11.5 Å². The van der Waals surface area contributed by atoms with E-state index in [0.717, 1.165) is 37.0 Å². The molecule has 20 heavy (non-hydrogen) atoms. The largest absolute Gasteiger partial charge is 0.503 e. The lowest BCUT2D eigenvalue weighted by molar-refractivity contribution is 0.152. The smallest absolute Gasteiger partial charge is 0.176 e. The van der Waals surface area contributed by atoms with E-state index in [2.05, 4.69) is 18.7 Å². The quantitative estimate of drug-likeness (QED) is 0.914. The zero-order chi connectivity index (χ0) is 14.7. The van der Waals surface area contributed by atoms with Gasteiger partial charge in [0.15, 0.2) is 11.5 Å². The molecule has 0 spiro atoms. The van der Waals surface area contributed by atoms with Gasteiger partial charge in [-0.15, -0.1) is 0 Å². The number of benzene rings is 1. The van der Waals surface area contributed by atoms with Crippen molar-refractivity contribution in [2.24, 2.45) is 11.8 Å². The average Bonchev–Trinajstić information content (AvgIpc) is 2.43. The van der Waals surface area contributed by atoms with E-state index in [1.165, 1.54) is 12.8 Å². The lowest BCUT2D eigenvalue weighted by atomic mass is 9.86. The molecule has 0 aliphatic carbocycles. The highest BCUT2D eigenvalue weighted by atomic mass is 35.5. The molecule has 1 aliphatic heterocycles. The summed E-state index contributed by atoms with van der Waals surface area (Å²) >= 11 is 6.03. The van der Waals surface area contributed by atoms with Crippen LogP contribution >= 0.6 is 11.6 Å². The molecule has 1 heterocycles. The molecule has 2 rings (SSSR count). The highest BCUT2D eigenvalue weighted by molar-refractivity contribution is 6.32. The molecule has 1 aromatic rings. The van der Waals surface area contributed by atoms with E-state index in [-0.39, 0.29) is 5.75 Å². The van der Waals surface area contributed by atoms with Gasteiger partial charge in [0.2, 0.25) is 0 Å². The lowest BCUT2D eigenvalue weighted by Gasteiger charge is -2.33. The van der Waals surface area contributed by atoms with E-state index in [4.69, 9.17) is 16.3 Å². The Labute approximate surface area is 126 Å². The average molecular weight is 298 g/mol. The van der Waals surface area contributed by atoms with Gasteiger partial charge in [0, 0.05) is 6.54 Å². The molecule has 0 saturated carbocycles. The zero-order valence-corrected chi connectivity index (χ0v) is 13.3. The number of hydrogen-bond donors (Lipinski definition) is 1. The normalized spacial score (nSPS) is 17.6. The SMILES string of the molecule is COc1cc(CN2CCC(C(C)C)CC2)cc(Cl)c1O. The van der Waals surface area contributed by atoms with E-state index < -0.39 is 0 Å². The molecule has 112 valence electrons. The number of methoxy groups -OCH3 is 1. The minimum Gasteiger partial charge on any atom is -0.503 e. The summed E-state index contributed by atoms with van der Waals surface area (Å²) in [4.78, 5) is 2.45. The molecular weight excluding hydrogens is 274 g/mol. The van der Waals surface area contributed by atoms with Crippen molar-refractivity contribution in [2.75, 3.05) is 20.2 Å². The van der Waals surface area contributed by atoms with Gasteiger partial charge < -0.3 is 9.84 Å². The third kappa shape index (κ3) is 3.58. The maximum absolute atomic E-state index is 9.75. The Hall–Kier alpha value is -0.930. The van der Waals surface area contributed by atoms with Gasteiger partial charge in [-0.05, 0) is 55.5 Å². The van der Waals surface area contributed by atoms with Gasteiger partial charge in [0.25, 0.3) is 0 Å². The van der Waals surface area contributed by atoms with Gasteiger partial charge in [0.1, 0.15) is 0 Å². The number of nitrogens with zero attached hydrogens (tertiary/aromatic N) is 1. The Morgan fingerprint density at radius 1 is 1.35 bits per heavy atom. The van der Waals surface area contributed by atoms with Crippen molar-refractivity contribution in [1.29, 1.82) is 0 Å². The van der Waals surface area contributed by atoms with Crippen LogP contribution in [-0.2, 0) is 6.54 Å². The fourth-order valence-electron chi connectivity index (χ4n) is 2.91. The second-order valence-electron chi connectivity index (χ2n) is 5.99. The highest BCUT2D eigenvalue weighted by Crippen LogP contribution is 2.35. The third-order valence-electron chi connectivity index (χ3n) is 4.29. The van der Waals surface area contributed by atoms with Crippen LogP contribution < -0.4 is 4.74 Å². The first kappa shape index (κ1) is 15.5. The summed E-state index contributed by atoms with van der Waals surface area (Å²) in [7, 11) is 1.54. The fourth-order valence-corrected chi connectivity index (χ4v) is 3.14. The number of aromatic hydroxyl groups is 1. The van der Waals surface area contributed by atoms with Crippen LogP contribution in [0.2, 0.25) is 5.02 Å². The molecule has 0 atom stereocenters. The van der Waals surface area contributed by atoms with Crippen molar-refractivity contribution in [2.45, 2.75) is 33.2 Å². The fraction of sp³-hybridized carbons (Fsp3) is 0.625. The first-order chi connectivity index (χ1) is 9.51. The monoisotopic (exact) mass is 297 g/mol. The molecule has 1 aromatic carbocycles. The maximum Gasteiger partial charge on any atom is 0.176 e. The predicted octanol–water partition coefficient (Wildman–Crippen LogP) is 3.92. The molecule has 0 bridgehead atoms. The summed E-state index contributed by atoms with van der Waals surface area (Å²) in [6.07, 6.45) is 2.53. The number of rotatable bonds is 4. The first-order valence-corrected chi connectivity index (χ1v) is 7.66. The highest BCUT2D eigenvalue weighted by Gasteiger charge is 2.22. The summed E-state index contributed by atoms with van der Waals surface area (Å²) in [5.74, 6) is 2.10. The topological polar surface area (TPSA) is 32.7 Å². The van der Waals surface area contributed by atoms with Gasteiger partial charge in [-0.2, -0.15) is 0 Å². The predicted molar refractivity (Wildman–Crippen MR) is 82.5 cm³/mol. The van der Waals surface area contributed by atoms with Gasteiger partial charge in [-0.3, -0.25) is 4.90 Å². The molecule has 0 radical (unpaired) electrons. The number of phenols is 1. The van der Waals surface area contributed by atoms with E-state index in [1.54, 1.807) is 7.11 Å². The van der Waals surface area contributed by atoms with Crippen molar-refractivity contribution in [1.82, 2.24) is 4.90 Å². The molecule has 0 aromatic heterocycles. The van der Waals surface area contributed by atoms with Crippen molar-refractivity contribution < 1.29 is 9.84 Å². The number of piperidine rings is 1. The van der Waals surface area contributed by atoms with Crippen LogP contribution in [0.1, 0.15) is 32.3 Å². The molecule has 1 fully saturated rings. The van der Waals surface area contributed by atoms with Crippen LogP contribution in [0.15, 0.2) is 12.1 Å². The van der Waals surface area contributed by atoms with Crippen LogP contribution in [0.3, 0.4) is 0 Å². The second-order valence-corrected chi connectivity index (χ2v) is 6.39. The van der Waals surface area contributed by atoms with Crippen molar-refractivity contribution in [3.63, 3.8) is 0 Å². The van der Waals surface area contributed by atoms with Crippen LogP contribution in [0, 0.1) is 11.8 Å². The Kier molecular flexibility index (Phi) is 5.17.